The number of anilines is 1. The Morgan fingerprint density at radius 2 is 2.09 bits per heavy atom. The summed E-state index contributed by atoms with van der Waals surface area (Å²) in [5.74, 6) is 0.701. The number of aryl methyl sites for hydroxylation is 1. The summed E-state index contributed by atoms with van der Waals surface area (Å²) < 4.78 is 1.84. The fraction of sp³-hybridized carbons (Fsp3) is 0.400. The summed E-state index contributed by atoms with van der Waals surface area (Å²) in [7, 11) is 1.87. The minimum Gasteiger partial charge on any atom is -0.382 e. The van der Waals surface area contributed by atoms with E-state index in [9.17, 15) is 9.90 Å². The van der Waals surface area contributed by atoms with Crippen molar-refractivity contribution in [2.75, 3.05) is 18.0 Å². The van der Waals surface area contributed by atoms with E-state index in [1.165, 1.54) is 12.3 Å². The van der Waals surface area contributed by atoms with E-state index < -0.39 is 11.5 Å². The van der Waals surface area contributed by atoms with Gasteiger partial charge in [-0.25, -0.2) is 9.97 Å². The normalized spacial score (nSPS) is 17.3. The molecule has 0 bridgehead atoms. The summed E-state index contributed by atoms with van der Waals surface area (Å²) in [6.45, 7) is 1.18. The number of rotatable bonds is 3. The Kier molecular flexibility index (Phi) is 3.99. The highest BCUT2D eigenvalue weighted by Crippen LogP contribution is 2.34. The van der Waals surface area contributed by atoms with Crippen LogP contribution in [0.5, 0.6) is 0 Å². The highest BCUT2D eigenvalue weighted by molar-refractivity contribution is 6.33. The van der Waals surface area contributed by atoms with Gasteiger partial charge >= 0.3 is 0 Å². The number of carbonyl (C=O) groups excluding carboxylic acids is 1. The Bertz CT molecular complexity index is 737. The van der Waals surface area contributed by atoms with Gasteiger partial charge in [0.1, 0.15) is 17.2 Å². The maximum atomic E-state index is 11.2. The number of imidazole rings is 1. The highest BCUT2D eigenvalue weighted by Gasteiger charge is 2.37. The van der Waals surface area contributed by atoms with E-state index in [1.807, 2.05) is 22.7 Å². The van der Waals surface area contributed by atoms with Gasteiger partial charge in [0.25, 0.3) is 0 Å². The molecule has 0 spiro atoms. The second kappa shape index (κ2) is 5.82. The fourth-order valence-corrected chi connectivity index (χ4v) is 3.21. The summed E-state index contributed by atoms with van der Waals surface area (Å²) in [5.41, 5.74) is 4.55. The van der Waals surface area contributed by atoms with E-state index in [4.69, 9.17) is 17.3 Å². The number of hydrogen-bond acceptors (Lipinski definition) is 5. The first-order valence-electron chi connectivity index (χ1n) is 7.31. The Labute approximate surface area is 138 Å². The zero-order valence-corrected chi connectivity index (χ0v) is 13.5. The maximum absolute atomic E-state index is 11.2. The number of nitrogens with two attached hydrogens (primary N) is 1. The molecule has 0 saturated carbocycles. The summed E-state index contributed by atoms with van der Waals surface area (Å²) in [6.07, 6.45) is 5.96. The third-order valence-electron chi connectivity index (χ3n) is 4.23. The van der Waals surface area contributed by atoms with Crippen molar-refractivity contribution < 1.29 is 9.90 Å². The minimum absolute atomic E-state index is 0.278. The van der Waals surface area contributed by atoms with Crippen LogP contribution >= 0.6 is 11.6 Å². The van der Waals surface area contributed by atoms with E-state index >= 15 is 0 Å². The molecule has 2 aromatic rings. The molecule has 0 radical (unpaired) electrons. The number of primary amides is 1. The zero-order valence-electron chi connectivity index (χ0n) is 12.7. The van der Waals surface area contributed by atoms with Gasteiger partial charge in [-0.1, -0.05) is 11.6 Å². The molecule has 7 nitrogen and oxygen atoms in total. The SMILES string of the molecule is Cn1ccnc1C1(O)CCN(c2ncc(C(N)=O)cc2Cl)CC1. The molecule has 3 heterocycles. The molecule has 1 saturated heterocycles. The number of pyridine rings is 1. The molecule has 0 aliphatic carbocycles. The van der Waals surface area contributed by atoms with Gasteiger partial charge in [0, 0.05) is 51.6 Å². The third kappa shape index (κ3) is 2.89. The number of hydrogen-bond donors (Lipinski definition) is 2. The topological polar surface area (TPSA) is 97.3 Å². The lowest BCUT2D eigenvalue weighted by atomic mass is 9.90. The predicted octanol–water partition coefficient (Wildman–Crippen LogP) is 1.06. The van der Waals surface area contributed by atoms with Crippen LogP contribution in [0.15, 0.2) is 24.7 Å². The van der Waals surface area contributed by atoms with Crippen molar-refractivity contribution in [2.45, 2.75) is 18.4 Å². The molecule has 2 aromatic heterocycles. The highest BCUT2D eigenvalue weighted by atomic mass is 35.5. The van der Waals surface area contributed by atoms with Crippen molar-refractivity contribution in [3.05, 3.63) is 41.1 Å². The molecule has 3 rings (SSSR count). The summed E-state index contributed by atoms with van der Waals surface area (Å²) in [6, 6.07) is 1.52. The lowest BCUT2D eigenvalue weighted by molar-refractivity contribution is 0.000672. The number of amides is 1. The molecule has 8 heteroatoms. The van der Waals surface area contributed by atoms with Crippen LogP contribution in [0.1, 0.15) is 29.0 Å². The van der Waals surface area contributed by atoms with Crippen LogP contribution in [0, 0.1) is 0 Å². The molecular weight excluding hydrogens is 318 g/mol. The first-order chi connectivity index (χ1) is 10.9. The van der Waals surface area contributed by atoms with E-state index in [-0.39, 0.29) is 5.56 Å². The third-order valence-corrected chi connectivity index (χ3v) is 4.51. The van der Waals surface area contributed by atoms with Gasteiger partial charge in [-0.2, -0.15) is 0 Å². The summed E-state index contributed by atoms with van der Waals surface area (Å²) in [5, 5.41) is 11.2. The molecule has 122 valence electrons. The lowest BCUT2D eigenvalue weighted by Gasteiger charge is -2.38. The molecule has 0 unspecified atom stereocenters. The van der Waals surface area contributed by atoms with Gasteiger partial charge in [-0.3, -0.25) is 4.79 Å². The Hall–Kier alpha value is -2.12. The largest absolute Gasteiger partial charge is 0.382 e. The fourth-order valence-electron chi connectivity index (χ4n) is 2.92. The molecule has 0 aromatic carbocycles. The van der Waals surface area contributed by atoms with Crippen LogP contribution in [0.25, 0.3) is 0 Å². The van der Waals surface area contributed by atoms with Gasteiger partial charge < -0.3 is 20.3 Å². The van der Waals surface area contributed by atoms with E-state index in [0.29, 0.717) is 42.6 Å². The molecule has 1 aliphatic rings. The van der Waals surface area contributed by atoms with Gasteiger partial charge in [-0.15, -0.1) is 0 Å². The van der Waals surface area contributed by atoms with Crippen molar-refractivity contribution in [2.24, 2.45) is 12.8 Å². The van der Waals surface area contributed by atoms with Crippen LogP contribution in [0.4, 0.5) is 5.82 Å². The predicted molar refractivity (Wildman–Crippen MR) is 86.3 cm³/mol. The Morgan fingerprint density at radius 1 is 1.39 bits per heavy atom. The zero-order chi connectivity index (χ0) is 16.6. The first-order valence-corrected chi connectivity index (χ1v) is 7.69. The number of aliphatic hydroxyl groups is 1. The smallest absolute Gasteiger partial charge is 0.250 e. The second-order valence-corrected chi connectivity index (χ2v) is 6.18. The van der Waals surface area contributed by atoms with Crippen molar-refractivity contribution >= 4 is 23.3 Å². The molecule has 1 aliphatic heterocycles. The van der Waals surface area contributed by atoms with Gasteiger partial charge in [0.05, 0.1) is 10.6 Å². The van der Waals surface area contributed by atoms with Gasteiger partial charge in [-0.05, 0) is 6.07 Å². The summed E-state index contributed by atoms with van der Waals surface area (Å²) >= 11 is 6.21. The molecule has 1 amide bonds. The number of piperidine rings is 1. The van der Waals surface area contributed by atoms with Crippen LogP contribution < -0.4 is 10.6 Å². The van der Waals surface area contributed by atoms with Gasteiger partial charge in [0.15, 0.2) is 0 Å². The number of nitrogens with zero attached hydrogens (tertiary/aromatic N) is 4. The average molecular weight is 336 g/mol. The van der Waals surface area contributed by atoms with Crippen molar-refractivity contribution in [1.82, 2.24) is 14.5 Å². The van der Waals surface area contributed by atoms with E-state index in [2.05, 4.69) is 9.97 Å². The molecule has 23 heavy (non-hydrogen) atoms. The molecule has 0 atom stereocenters. The second-order valence-electron chi connectivity index (χ2n) is 5.77. The monoisotopic (exact) mass is 335 g/mol. The van der Waals surface area contributed by atoms with Crippen molar-refractivity contribution in [3.63, 3.8) is 0 Å². The number of halogens is 1. The first kappa shape index (κ1) is 15.8. The van der Waals surface area contributed by atoms with Crippen LogP contribution in [0.3, 0.4) is 0 Å². The van der Waals surface area contributed by atoms with Crippen molar-refractivity contribution in [1.29, 1.82) is 0 Å². The Balaban J connectivity index is 1.77. The van der Waals surface area contributed by atoms with E-state index in [0.717, 1.165) is 0 Å². The van der Waals surface area contributed by atoms with Gasteiger partial charge in [0.2, 0.25) is 5.91 Å². The van der Waals surface area contributed by atoms with Crippen LogP contribution in [0.2, 0.25) is 5.02 Å². The van der Waals surface area contributed by atoms with Crippen LogP contribution in [-0.4, -0.2) is 38.6 Å². The summed E-state index contributed by atoms with van der Waals surface area (Å²) in [4.78, 5) is 21.6. The average Bonchev–Trinajstić information content (AvgIpc) is 2.95. The molecular formula is C15H18ClN5O2. The maximum Gasteiger partial charge on any atom is 0.250 e. The lowest BCUT2D eigenvalue weighted by Crippen LogP contribution is -2.44. The van der Waals surface area contributed by atoms with E-state index in [1.54, 1.807) is 6.20 Å². The standard InChI is InChI=1S/C15H18ClN5O2/c1-20-7-4-18-14(20)15(23)2-5-21(6-3-15)13-11(16)8-10(9-19-13)12(17)22/h4,7-9,23H,2-3,5-6H2,1H3,(H2,17,22). The Morgan fingerprint density at radius 3 is 2.61 bits per heavy atom. The molecule has 3 N–H and O–H groups in total. The number of carbonyl (C=O) groups is 1. The number of aromatic nitrogens is 3. The minimum atomic E-state index is -0.950. The van der Waals surface area contributed by atoms with Crippen molar-refractivity contribution in [3.8, 4) is 0 Å². The quantitative estimate of drug-likeness (QED) is 0.874. The van der Waals surface area contributed by atoms with Crippen LogP contribution in [-0.2, 0) is 12.6 Å². The molecule has 1 fully saturated rings.